The van der Waals surface area contributed by atoms with E-state index < -0.39 is 16.0 Å². The molecule has 0 amide bonds. The fourth-order valence-electron chi connectivity index (χ4n) is 1.93. The Kier molecular flexibility index (Phi) is 2.40. The van der Waals surface area contributed by atoms with Crippen LogP contribution in [0, 0.1) is 11.8 Å². The fraction of sp³-hybridized carbons (Fsp3) is 0.200. The first-order chi connectivity index (χ1) is 7.39. The average molecular weight is 240 g/mol. The van der Waals surface area contributed by atoms with Crippen molar-refractivity contribution in [2.75, 3.05) is 0 Å². The van der Waals surface area contributed by atoms with Crippen LogP contribution >= 0.6 is 0 Å². The summed E-state index contributed by atoms with van der Waals surface area (Å²) in [6, 6.07) is 0. The van der Waals surface area contributed by atoms with Gasteiger partial charge in [-0.05, 0) is 18.2 Å². The number of fused-ring (bicyclic) bond motifs is 1. The Morgan fingerprint density at radius 2 is 1.88 bits per heavy atom. The molecule has 0 aromatic carbocycles. The molecule has 5 nitrogen and oxygen atoms in total. The second kappa shape index (κ2) is 3.50. The number of hydrogen-bond acceptors (Lipinski definition) is 4. The molecule has 2 aliphatic rings. The van der Waals surface area contributed by atoms with E-state index in [9.17, 15) is 8.42 Å². The molecule has 0 aromatic heterocycles. The second-order valence-corrected chi connectivity index (χ2v) is 5.21. The lowest BCUT2D eigenvalue weighted by molar-refractivity contribution is 0.478. The second-order valence-electron chi connectivity index (χ2n) is 3.79. The van der Waals surface area contributed by atoms with Gasteiger partial charge in [0.1, 0.15) is 0 Å². The predicted octanol–water partition coefficient (Wildman–Crippen LogP) is 0.259. The van der Waals surface area contributed by atoms with Crippen molar-refractivity contribution in [1.29, 1.82) is 0 Å². The molecule has 0 spiro atoms. The van der Waals surface area contributed by atoms with Crippen LogP contribution in [0.5, 0.6) is 0 Å². The Hall–Kier alpha value is -1.53. The summed E-state index contributed by atoms with van der Waals surface area (Å²) < 4.78 is 31.4. The van der Waals surface area contributed by atoms with Crippen molar-refractivity contribution in [2.45, 2.75) is 0 Å². The highest BCUT2D eigenvalue weighted by atomic mass is 32.2. The third-order valence-corrected chi connectivity index (χ3v) is 3.71. The zero-order valence-corrected chi connectivity index (χ0v) is 9.18. The molecule has 0 aromatic rings. The minimum atomic E-state index is -4.20. The van der Waals surface area contributed by atoms with E-state index in [2.05, 4.69) is 0 Å². The van der Waals surface area contributed by atoms with Crippen molar-refractivity contribution in [2.24, 2.45) is 23.3 Å². The number of nitrogens with two attached hydrogens (primary N) is 2. The lowest BCUT2D eigenvalue weighted by atomic mass is 9.82. The van der Waals surface area contributed by atoms with Crippen molar-refractivity contribution in [1.82, 2.24) is 0 Å². The molecule has 2 rings (SSSR count). The summed E-state index contributed by atoms with van der Waals surface area (Å²) in [6.07, 6.45) is 7.74. The van der Waals surface area contributed by atoms with E-state index in [0.29, 0.717) is 11.4 Å². The van der Waals surface area contributed by atoms with Crippen LogP contribution in [0.2, 0.25) is 0 Å². The molecule has 0 radical (unpaired) electrons. The molecule has 2 unspecified atom stereocenters. The summed E-state index contributed by atoms with van der Waals surface area (Å²) in [6.45, 7) is 0. The van der Waals surface area contributed by atoms with Crippen LogP contribution in [0.1, 0.15) is 0 Å². The molecule has 0 saturated heterocycles. The maximum absolute atomic E-state index is 11.2. The molecule has 0 saturated carbocycles. The third kappa shape index (κ3) is 1.77. The van der Waals surface area contributed by atoms with E-state index in [0.717, 1.165) is 0 Å². The topological polar surface area (TPSA) is 106 Å². The van der Waals surface area contributed by atoms with Gasteiger partial charge in [0.15, 0.2) is 0 Å². The Morgan fingerprint density at radius 3 is 2.50 bits per heavy atom. The summed E-state index contributed by atoms with van der Waals surface area (Å²) in [7, 11) is -4.20. The van der Waals surface area contributed by atoms with Gasteiger partial charge in [0.2, 0.25) is 0 Å². The average Bonchev–Trinajstić information content (AvgIpc) is 2.17. The monoisotopic (exact) mass is 240 g/mol. The first kappa shape index (κ1) is 11.0. The van der Waals surface area contributed by atoms with Crippen molar-refractivity contribution in [3.05, 3.63) is 46.7 Å². The summed E-state index contributed by atoms with van der Waals surface area (Å²) in [4.78, 5) is -0.0494. The number of rotatable bonds is 1. The Bertz CT molecular complexity index is 540. The van der Waals surface area contributed by atoms with Gasteiger partial charge in [-0.2, -0.15) is 8.42 Å². The van der Waals surface area contributed by atoms with Crippen molar-refractivity contribution in [3.8, 4) is 0 Å². The van der Waals surface area contributed by atoms with E-state index in [1.165, 1.54) is 12.2 Å². The first-order valence-corrected chi connectivity index (χ1v) is 6.14. The van der Waals surface area contributed by atoms with Gasteiger partial charge in [0.05, 0.1) is 4.91 Å². The lowest BCUT2D eigenvalue weighted by Gasteiger charge is -2.29. The molecule has 86 valence electrons. The van der Waals surface area contributed by atoms with Crippen LogP contribution in [-0.4, -0.2) is 13.0 Å². The quantitative estimate of drug-likeness (QED) is 0.570. The normalized spacial score (nSPS) is 28.9. The molecule has 2 aliphatic carbocycles. The smallest absolute Gasteiger partial charge is 0.291 e. The first-order valence-electron chi connectivity index (χ1n) is 4.70. The van der Waals surface area contributed by atoms with Gasteiger partial charge in [0, 0.05) is 23.2 Å². The predicted molar refractivity (Wildman–Crippen MR) is 60.3 cm³/mol. The number of hydrogen-bond donors (Lipinski definition) is 3. The number of allylic oxidation sites excluding steroid dienone is 6. The molecule has 5 N–H and O–H groups in total. The molecular weight excluding hydrogens is 228 g/mol. The Balaban J connectivity index is 2.51. The van der Waals surface area contributed by atoms with Crippen molar-refractivity contribution in [3.63, 3.8) is 0 Å². The molecule has 6 heteroatoms. The molecule has 0 heterocycles. The fourth-order valence-corrected chi connectivity index (χ4v) is 2.74. The summed E-state index contributed by atoms with van der Waals surface area (Å²) in [5.74, 6) is -0.765. The molecule has 0 aliphatic heterocycles. The van der Waals surface area contributed by atoms with Gasteiger partial charge in [-0.15, -0.1) is 0 Å². The Morgan fingerprint density at radius 1 is 1.19 bits per heavy atom. The SMILES string of the molecule is NC1=CC2C(N)=CC=C(S(=O)(=O)O)C2C=C1. The molecule has 0 fully saturated rings. The highest BCUT2D eigenvalue weighted by molar-refractivity contribution is 7.89. The highest BCUT2D eigenvalue weighted by Gasteiger charge is 2.33. The van der Waals surface area contributed by atoms with Crippen LogP contribution < -0.4 is 11.5 Å². The summed E-state index contributed by atoms with van der Waals surface area (Å²) in [5, 5.41) is 0. The largest absolute Gasteiger partial charge is 0.402 e. The van der Waals surface area contributed by atoms with E-state index >= 15 is 0 Å². The zero-order valence-electron chi connectivity index (χ0n) is 8.37. The van der Waals surface area contributed by atoms with Gasteiger partial charge in [0.25, 0.3) is 10.1 Å². The third-order valence-electron chi connectivity index (χ3n) is 2.71. The Labute approximate surface area is 93.6 Å². The summed E-state index contributed by atoms with van der Waals surface area (Å²) in [5.41, 5.74) is 12.5. The lowest BCUT2D eigenvalue weighted by Crippen LogP contribution is -2.28. The molecular formula is C10H12N2O3S. The van der Waals surface area contributed by atoms with Gasteiger partial charge in [-0.25, -0.2) is 0 Å². The van der Waals surface area contributed by atoms with Gasteiger partial charge in [-0.1, -0.05) is 12.2 Å². The van der Waals surface area contributed by atoms with Crippen LogP contribution in [0.3, 0.4) is 0 Å². The van der Waals surface area contributed by atoms with Crippen LogP contribution in [-0.2, 0) is 10.1 Å². The highest BCUT2D eigenvalue weighted by Crippen LogP contribution is 2.36. The van der Waals surface area contributed by atoms with E-state index in [4.69, 9.17) is 16.0 Å². The van der Waals surface area contributed by atoms with Crippen LogP contribution in [0.25, 0.3) is 0 Å². The standard InChI is InChI=1S/C10H12N2O3S/c11-6-1-2-7-8(5-6)9(12)3-4-10(7)16(13,14)15/h1-5,7-8H,11-12H2,(H,13,14,15). The van der Waals surface area contributed by atoms with E-state index in [1.54, 1.807) is 18.2 Å². The minimum Gasteiger partial charge on any atom is -0.402 e. The zero-order chi connectivity index (χ0) is 11.9. The maximum Gasteiger partial charge on any atom is 0.291 e. The van der Waals surface area contributed by atoms with Gasteiger partial charge < -0.3 is 11.5 Å². The summed E-state index contributed by atoms with van der Waals surface area (Å²) >= 11 is 0. The van der Waals surface area contributed by atoms with Crippen LogP contribution in [0.15, 0.2) is 46.7 Å². The van der Waals surface area contributed by atoms with E-state index in [-0.39, 0.29) is 10.8 Å². The van der Waals surface area contributed by atoms with Crippen LogP contribution in [0.4, 0.5) is 0 Å². The van der Waals surface area contributed by atoms with Gasteiger partial charge >= 0.3 is 0 Å². The minimum absolute atomic E-state index is 0.0494. The van der Waals surface area contributed by atoms with Crippen molar-refractivity contribution < 1.29 is 13.0 Å². The maximum atomic E-state index is 11.2. The van der Waals surface area contributed by atoms with Gasteiger partial charge in [-0.3, -0.25) is 4.55 Å². The molecule has 16 heavy (non-hydrogen) atoms. The molecule has 0 bridgehead atoms. The van der Waals surface area contributed by atoms with E-state index in [1.807, 2.05) is 0 Å². The molecule has 2 atom stereocenters. The van der Waals surface area contributed by atoms with Crippen molar-refractivity contribution >= 4 is 10.1 Å².